The Morgan fingerprint density at radius 2 is 1.94 bits per heavy atom. The van der Waals surface area contributed by atoms with Gasteiger partial charge in [0.25, 0.3) is 0 Å². The van der Waals surface area contributed by atoms with E-state index in [0.717, 1.165) is 0 Å². The summed E-state index contributed by atoms with van der Waals surface area (Å²) < 4.78 is 5.89. The summed E-state index contributed by atoms with van der Waals surface area (Å²) in [5.74, 6) is -0.332. The van der Waals surface area contributed by atoms with Gasteiger partial charge in [0.2, 0.25) is 0 Å². The van der Waals surface area contributed by atoms with Crippen molar-refractivity contribution >= 4 is 11.5 Å². The van der Waals surface area contributed by atoms with Crippen LogP contribution in [0, 0.1) is 5.92 Å². The Morgan fingerprint density at radius 3 is 2.78 bits per heavy atom. The number of benzene rings is 1. The molecule has 0 saturated heterocycles. The Balaban J connectivity index is 2.16. The fourth-order valence-electron chi connectivity index (χ4n) is 2.28. The van der Waals surface area contributed by atoms with Crippen LogP contribution in [0.3, 0.4) is 0 Å². The third-order valence-corrected chi connectivity index (χ3v) is 3.15. The van der Waals surface area contributed by atoms with Gasteiger partial charge in [0, 0.05) is 11.5 Å². The van der Waals surface area contributed by atoms with Crippen molar-refractivity contribution in [1.29, 1.82) is 0 Å². The minimum atomic E-state index is -0.922. The van der Waals surface area contributed by atoms with E-state index in [0.29, 0.717) is 16.9 Å². The average Bonchev–Trinajstić information content (AvgIpc) is 2.55. The Kier molecular flexibility index (Phi) is 2.52. The van der Waals surface area contributed by atoms with E-state index in [1.807, 2.05) is 36.4 Å². The maximum absolute atomic E-state index is 11.4. The summed E-state index contributed by atoms with van der Waals surface area (Å²) in [5, 5.41) is 9.33. The van der Waals surface area contributed by atoms with Gasteiger partial charge in [-0.3, -0.25) is 0 Å². The minimum absolute atomic E-state index is 0.0338. The van der Waals surface area contributed by atoms with Crippen molar-refractivity contribution in [3.63, 3.8) is 0 Å². The Morgan fingerprint density at radius 1 is 1.17 bits per heavy atom. The lowest BCUT2D eigenvalue weighted by molar-refractivity contribution is -0.130. The summed E-state index contributed by atoms with van der Waals surface area (Å²) in [5.41, 5.74) is 0.944. The number of carboxylic acid groups (broad SMARTS) is 1. The van der Waals surface area contributed by atoms with E-state index in [9.17, 15) is 9.90 Å². The van der Waals surface area contributed by atoms with Crippen LogP contribution in [-0.4, -0.2) is 17.2 Å². The maximum atomic E-state index is 11.4. The molecule has 0 fully saturated rings. The summed E-state index contributed by atoms with van der Waals surface area (Å²) in [6.45, 7) is 0. The third kappa shape index (κ3) is 1.74. The monoisotopic (exact) mass is 240 g/mol. The highest BCUT2D eigenvalue weighted by Gasteiger charge is 2.27. The number of hydrogen-bond acceptors (Lipinski definition) is 2. The molecule has 2 atom stereocenters. The van der Waals surface area contributed by atoms with E-state index in [1.165, 1.54) is 0 Å². The molecule has 1 aliphatic carbocycles. The second-order valence-electron chi connectivity index (χ2n) is 4.31. The normalized spacial score (nSPS) is 24.3. The number of carboxylic acids is 1. The number of para-hydroxylation sites is 1. The molecule has 1 heterocycles. The van der Waals surface area contributed by atoms with Gasteiger partial charge in [0.05, 0.1) is 5.57 Å². The molecule has 3 nitrogen and oxygen atoms in total. The number of allylic oxidation sites excluding steroid dienone is 2. The molecule has 0 spiro atoms. The van der Waals surface area contributed by atoms with E-state index in [1.54, 1.807) is 18.2 Å². The molecule has 18 heavy (non-hydrogen) atoms. The van der Waals surface area contributed by atoms with E-state index in [-0.39, 0.29) is 12.0 Å². The lowest BCUT2D eigenvalue weighted by Crippen LogP contribution is -2.22. The quantitative estimate of drug-likeness (QED) is 0.820. The first-order valence-corrected chi connectivity index (χ1v) is 5.82. The zero-order valence-electron chi connectivity index (χ0n) is 9.61. The molecule has 0 saturated carbocycles. The number of ether oxygens (including phenoxy) is 1. The summed E-state index contributed by atoms with van der Waals surface area (Å²) in [6.07, 6.45) is 9.37. The Bertz CT molecular complexity index is 581. The largest absolute Gasteiger partial charge is 0.485 e. The van der Waals surface area contributed by atoms with Crippen LogP contribution >= 0.6 is 0 Å². The van der Waals surface area contributed by atoms with Gasteiger partial charge in [0.15, 0.2) is 0 Å². The fourth-order valence-corrected chi connectivity index (χ4v) is 2.28. The van der Waals surface area contributed by atoms with E-state index in [2.05, 4.69) is 0 Å². The van der Waals surface area contributed by atoms with Crippen molar-refractivity contribution in [1.82, 2.24) is 0 Å². The van der Waals surface area contributed by atoms with Crippen LogP contribution in [0.2, 0.25) is 0 Å². The zero-order chi connectivity index (χ0) is 12.5. The molecule has 0 aromatic heterocycles. The molecule has 1 N–H and O–H groups in total. The third-order valence-electron chi connectivity index (χ3n) is 3.15. The van der Waals surface area contributed by atoms with Gasteiger partial charge in [-0.05, 0) is 12.1 Å². The molecule has 0 radical (unpaired) electrons. The van der Waals surface area contributed by atoms with Crippen molar-refractivity contribution in [2.45, 2.75) is 6.10 Å². The number of rotatable bonds is 1. The minimum Gasteiger partial charge on any atom is -0.485 e. The van der Waals surface area contributed by atoms with Crippen molar-refractivity contribution in [2.24, 2.45) is 5.92 Å². The molecule has 1 aromatic carbocycles. The van der Waals surface area contributed by atoms with Crippen molar-refractivity contribution in [3.8, 4) is 5.75 Å². The predicted octanol–water partition coefficient (Wildman–Crippen LogP) is 2.66. The highest BCUT2D eigenvalue weighted by molar-refractivity contribution is 6.16. The van der Waals surface area contributed by atoms with Gasteiger partial charge in [-0.25, -0.2) is 4.79 Å². The number of hydrogen-bond donors (Lipinski definition) is 1. The molecule has 0 amide bonds. The van der Waals surface area contributed by atoms with Gasteiger partial charge in [-0.15, -0.1) is 0 Å². The lowest BCUT2D eigenvalue weighted by Gasteiger charge is -2.21. The average molecular weight is 240 g/mol. The van der Waals surface area contributed by atoms with E-state index < -0.39 is 5.97 Å². The topological polar surface area (TPSA) is 46.5 Å². The number of fused-ring (bicyclic) bond motifs is 2. The predicted molar refractivity (Wildman–Crippen MR) is 68.2 cm³/mol. The number of carbonyl (C=O) groups is 1. The second kappa shape index (κ2) is 4.18. The van der Waals surface area contributed by atoms with Gasteiger partial charge in [-0.1, -0.05) is 42.5 Å². The SMILES string of the molecule is O=C(O)C1=CC2C=CC=CC2Oc2ccccc21. The second-order valence-corrected chi connectivity index (χ2v) is 4.31. The first-order valence-electron chi connectivity index (χ1n) is 5.82. The Hall–Kier alpha value is -2.29. The zero-order valence-corrected chi connectivity index (χ0v) is 9.61. The molecule has 1 aliphatic heterocycles. The van der Waals surface area contributed by atoms with Crippen LogP contribution in [0.5, 0.6) is 5.75 Å². The number of aliphatic carboxylic acids is 1. The summed E-state index contributed by atoms with van der Waals surface area (Å²) in [7, 11) is 0. The van der Waals surface area contributed by atoms with Crippen LogP contribution in [0.15, 0.2) is 54.6 Å². The lowest BCUT2D eigenvalue weighted by atomic mass is 9.94. The van der Waals surface area contributed by atoms with Crippen molar-refractivity contribution < 1.29 is 14.6 Å². The molecule has 90 valence electrons. The smallest absolute Gasteiger partial charge is 0.336 e. The highest BCUT2D eigenvalue weighted by atomic mass is 16.5. The molecule has 1 aromatic rings. The van der Waals surface area contributed by atoms with Crippen LogP contribution < -0.4 is 4.74 Å². The van der Waals surface area contributed by atoms with Crippen LogP contribution in [0.4, 0.5) is 0 Å². The molecule has 0 bridgehead atoms. The summed E-state index contributed by atoms with van der Waals surface area (Å²) in [6, 6.07) is 7.25. The maximum Gasteiger partial charge on any atom is 0.336 e. The van der Waals surface area contributed by atoms with Crippen molar-refractivity contribution in [3.05, 3.63) is 60.2 Å². The van der Waals surface area contributed by atoms with Gasteiger partial charge >= 0.3 is 5.97 Å². The molecular weight excluding hydrogens is 228 g/mol. The Labute approximate surface area is 105 Å². The van der Waals surface area contributed by atoms with E-state index >= 15 is 0 Å². The summed E-state index contributed by atoms with van der Waals surface area (Å²) in [4.78, 5) is 11.4. The van der Waals surface area contributed by atoms with Gasteiger partial charge in [-0.2, -0.15) is 0 Å². The van der Waals surface area contributed by atoms with E-state index in [4.69, 9.17) is 4.74 Å². The van der Waals surface area contributed by atoms with Gasteiger partial charge in [0.1, 0.15) is 11.9 Å². The molecular formula is C15H12O3. The van der Waals surface area contributed by atoms with Crippen LogP contribution in [-0.2, 0) is 4.79 Å². The molecule has 3 heteroatoms. The van der Waals surface area contributed by atoms with Crippen LogP contribution in [0.1, 0.15) is 5.56 Å². The fraction of sp³-hybridized carbons (Fsp3) is 0.133. The first kappa shape index (κ1) is 10.8. The molecule has 3 rings (SSSR count). The first-order chi connectivity index (χ1) is 8.75. The van der Waals surface area contributed by atoms with Gasteiger partial charge < -0.3 is 9.84 Å². The highest BCUT2D eigenvalue weighted by Crippen LogP contribution is 2.34. The standard InChI is InChI=1S/C15H12O3/c16-15(17)12-9-10-5-1-3-7-13(10)18-14-8-4-2-6-11(12)14/h1-10,13H,(H,16,17). The molecule has 2 aliphatic rings. The summed E-state index contributed by atoms with van der Waals surface area (Å²) >= 11 is 0. The van der Waals surface area contributed by atoms with Crippen LogP contribution in [0.25, 0.3) is 5.57 Å². The molecule has 2 unspecified atom stereocenters. The van der Waals surface area contributed by atoms with Crippen molar-refractivity contribution in [2.75, 3.05) is 0 Å².